The molecule has 11 aromatic rings. The summed E-state index contributed by atoms with van der Waals surface area (Å²) in [5.74, 6) is 0. The van der Waals surface area contributed by atoms with Gasteiger partial charge in [-0.3, -0.25) is 0 Å². The van der Waals surface area contributed by atoms with Crippen LogP contribution in [0.1, 0.15) is 0 Å². The second-order valence-corrected chi connectivity index (χ2v) is 19.9. The molecule has 0 aliphatic carbocycles. The van der Waals surface area contributed by atoms with Crippen LogP contribution in [-0.2, 0) is 0 Å². The molecule has 0 aliphatic rings. The fourth-order valence-corrected chi connectivity index (χ4v) is 13.6. The molecular weight excluding hydrogens is 728 g/mol. The van der Waals surface area contributed by atoms with Crippen LogP contribution < -0.4 is 15.9 Å². The molecule has 248 valence electrons. The van der Waals surface area contributed by atoms with Crippen LogP contribution in [0.15, 0.2) is 182 Å². The van der Waals surface area contributed by atoms with E-state index in [1.54, 1.807) is 0 Å². The molecule has 0 amide bonds. The summed E-state index contributed by atoms with van der Waals surface area (Å²) in [6, 6.07) is 63.7. The van der Waals surface area contributed by atoms with Gasteiger partial charge in [-0.15, -0.1) is 0 Å². The Morgan fingerprint density at radius 2 is 1.13 bits per heavy atom. The molecule has 0 N–H and O–H groups in total. The van der Waals surface area contributed by atoms with E-state index >= 15 is 0 Å². The molecule has 0 bridgehead atoms. The van der Waals surface area contributed by atoms with Gasteiger partial charge >= 0.3 is 251 Å². The Kier molecular flexibility index (Phi) is 6.85. The summed E-state index contributed by atoms with van der Waals surface area (Å²) in [5, 5.41) is 14.9. The number of benzene rings is 8. The van der Waals surface area contributed by atoms with E-state index in [0.717, 1.165) is 33.3 Å². The first-order valence-corrected chi connectivity index (χ1v) is 21.9. The third-order valence-corrected chi connectivity index (χ3v) is 17.8. The van der Waals surface area contributed by atoms with E-state index in [0.29, 0.717) is 0 Å². The third-order valence-electron chi connectivity index (χ3n) is 10.8. The van der Waals surface area contributed by atoms with Crippen LogP contribution in [0.4, 0.5) is 0 Å². The molecule has 5 heteroatoms. The monoisotopic (exact) mass is 759 g/mol. The molecule has 3 aromatic heterocycles. The molecule has 0 spiro atoms. The van der Waals surface area contributed by atoms with Crippen molar-refractivity contribution in [2.24, 2.45) is 0 Å². The normalized spacial score (nSPS) is 13.1. The Bertz CT molecular complexity index is 3310. The van der Waals surface area contributed by atoms with Crippen molar-refractivity contribution in [1.82, 2.24) is 14.4 Å². The Morgan fingerprint density at radius 3 is 1.94 bits per heavy atom. The first-order chi connectivity index (χ1) is 26.2. The molecule has 0 aliphatic heterocycles. The second kappa shape index (κ2) is 11.8. The van der Waals surface area contributed by atoms with Gasteiger partial charge in [0, 0.05) is 5.39 Å². The standard InChI is InChI=1S/C48H30N3PSe/c53-52(34-13-2-1-3-14-34,46-29-31-12-4-5-15-36(31)38-16-6-8-18-40(38)46)35-24-27-43(49-30-35)33-23-25-37-32(28-33)22-26-41-39-17-7-9-19-42(39)48-50-44-20-10-11-21-45(44)51(48)47(37)41/h1-30H. The Labute approximate surface area is 313 Å². The van der Waals surface area contributed by atoms with Gasteiger partial charge in [0.2, 0.25) is 0 Å². The number of pyridine rings is 2. The first-order valence-electron chi connectivity index (χ1n) is 17.8. The van der Waals surface area contributed by atoms with Gasteiger partial charge in [0.05, 0.1) is 5.52 Å². The summed E-state index contributed by atoms with van der Waals surface area (Å²) in [4.78, 5) is 10.3. The zero-order valence-electron chi connectivity index (χ0n) is 28.5. The van der Waals surface area contributed by atoms with Crippen LogP contribution in [-0.4, -0.2) is 29.5 Å². The van der Waals surface area contributed by atoms with E-state index in [1.165, 1.54) is 64.5 Å². The van der Waals surface area contributed by atoms with E-state index in [4.69, 9.17) is 9.97 Å². The van der Waals surface area contributed by atoms with E-state index in [-0.39, 0.29) is 0 Å². The first kappa shape index (κ1) is 30.7. The van der Waals surface area contributed by atoms with Crippen molar-refractivity contribution in [3.8, 4) is 11.3 Å². The molecule has 3 heterocycles. The van der Waals surface area contributed by atoms with Gasteiger partial charge in [-0.1, -0.05) is 36.4 Å². The number of hydrogen-bond donors (Lipinski definition) is 0. The fraction of sp³-hybridized carbons (Fsp3) is 0. The van der Waals surface area contributed by atoms with Gasteiger partial charge in [-0.05, 0) is 12.1 Å². The van der Waals surface area contributed by atoms with Gasteiger partial charge in [0.1, 0.15) is 0 Å². The SMILES string of the molecule is [Se]=P(c1ccccc1)(c1ccc(-c2ccc3c(ccc4c5ccccc5c5nc6ccccc6n5c34)c2)nc1)c1cc2ccccc2c2ccccc12. The van der Waals surface area contributed by atoms with Crippen LogP contribution in [0.5, 0.6) is 0 Å². The fourth-order valence-electron chi connectivity index (χ4n) is 8.38. The van der Waals surface area contributed by atoms with Gasteiger partial charge < -0.3 is 0 Å². The molecular formula is C48H30N3PSe. The summed E-state index contributed by atoms with van der Waals surface area (Å²) in [5.41, 5.74) is 4.13. The van der Waals surface area contributed by atoms with Crippen molar-refractivity contribution in [3.05, 3.63) is 182 Å². The van der Waals surface area contributed by atoms with E-state index in [9.17, 15) is 0 Å². The summed E-state index contributed by atoms with van der Waals surface area (Å²) in [6.45, 7) is 0. The summed E-state index contributed by atoms with van der Waals surface area (Å²) in [7, 11) is 0. The molecule has 0 radical (unpaired) electrons. The quantitative estimate of drug-likeness (QED) is 0.102. The van der Waals surface area contributed by atoms with E-state index in [1.807, 2.05) is 0 Å². The maximum atomic E-state index is 5.19. The minimum absolute atomic E-state index is 0.954. The maximum absolute atomic E-state index is 5.19. The summed E-state index contributed by atoms with van der Waals surface area (Å²) >= 11 is 3.80. The van der Waals surface area contributed by atoms with Crippen molar-refractivity contribution < 1.29 is 0 Å². The van der Waals surface area contributed by atoms with Crippen LogP contribution in [0.25, 0.3) is 81.9 Å². The molecule has 3 nitrogen and oxygen atoms in total. The molecule has 0 saturated carbocycles. The zero-order chi connectivity index (χ0) is 35.1. The Hall–Kier alpha value is -5.89. The number of para-hydroxylation sites is 2. The number of aromatic nitrogens is 3. The number of imidazole rings is 1. The van der Waals surface area contributed by atoms with Crippen molar-refractivity contribution >= 4 is 107 Å². The summed E-state index contributed by atoms with van der Waals surface area (Å²) < 4.78 is 2.35. The predicted octanol–water partition coefficient (Wildman–Crippen LogP) is 10.7. The molecule has 53 heavy (non-hydrogen) atoms. The van der Waals surface area contributed by atoms with Crippen LogP contribution in [0.3, 0.4) is 0 Å². The van der Waals surface area contributed by atoms with Crippen LogP contribution >= 0.6 is 5.51 Å². The molecule has 0 saturated heterocycles. The molecule has 1 atom stereocenters. The Balaban J connectivity index is 1.09. The average Bonchev–Trinajstić information content (AvgIpc) is 3.63. The second-order valence-electron chi connectivity index (χ2n) is 13.7. The Morgan fingerprint density at radius 1 is 0.472 bits per heavy atom. The van der Waals surface area contributed by atoms with E-state index < -0.39 is 5.51 Å². The number of nitrogens with zero attached hydrogens (tertiary/aromatic N) is 3. The number of fused-ring (bicyclic) bond motifs is 13. The average molecular weight is 759 g/mol. The van der Waals surface area contributed by atoms with Crippen LogP contribution in [0, 0.1) is 0 Å². The van der Waals surface area contributed by atoms with Gasteiger partial charge in [-0.25, -0.2) is 4.98 Å². The molecule has 0 fully saturated rings. The molecule has 1 unspecified atom stereocenters. The topological polar surface area (TPSA) is 30.2 Å². The number of hydrogen-bond acceptors (Lipinski definition) is 2. The minimum atomic E-state index is -2.21. The third kappa shape index (κ3) is 4.57. The van der Waals surface area contributed by atoms with Crippen molar-refractivity contribution in [3.63, 3.8) is 0 Å². The zero-order valence-corrected chi connectivity index (χ0v) is 31.1. The van der Waals surface area contributed by atoms with E-state index in [2.05, 4.69) is 202 Å². The van der Waals surface area contributed by atoms with Crippen molar-refractivity contribution in [2.45, 2.75) is 0 Å². The van der Waals surface area contributed by atoms with Gasteiger partial charge in [0.15, 0.2) is 0 Å². The number of rotatable bonds is 4. The van der Waals surface area contributed by atoms with Crippen molar-refractivity contribution in [2.75, 3.05) is 0 Å². The van der Waals surface area contributed by atoms with Gasteiger partial charge in [0.25, 0.3) is 0 Å². The predicted molar refractivity (Wildman–Crippen MR) is 228 cm³/mol. The molecule has 8 aromatic carbocycles. The van der Waals surface area contributed by atoms with Crippen LogP contribution in [0.2, 0.25) is 0 Å². The molecule has 11 rings (SSSR count). The van der Waals surface area contributed by atoms with Gasteiger partial charge in [-0.2, -0.15) is 0 Å². The van der Waals surface area contributed by atoms with Crippen molar-refractivity contribution in [1.29, 1.82) is 0 Å². The summed E-state index contributed by atoms with van der Waals surface area (Å²) in [6.07, 6.45) is 2.11.